The van der Waals surface area contributed by atoms with E-state index in [1.165, 1.54) is 25.7 Å². The number of likely N-dealkylation sites (tertiary alicyclic amines) is 1. The van der Waals surface area contributed by atoms with Gasteiger partial charge in [-0.25, -0.2) is 4.98 Å². The van der Waals surface area contributed by atoms with Gasteiger partial charge in [0.25, 0.3) is 5.91 Å². The van der Waals surface area contributed by atoms with E-state index in [1.807, 2.05) is 41.9 Å². The van der Waals surface area contributed by atoms with Crippen molar-refractivity contribution in [1.82, 2.24) is 14.5 Å². The number of aromatic nitrogens is 2. The molecule has 8 nitrogen and oxygen atoms in total. The summed E-state index contributed by atoms with van der Waals surface area (Å²) in [5.41, 5.74) is 3.20. The number of benzene rings is 2. The number of anilines is 2. The van der Waals surface area contributed by atoms with Gasteiger partial charge in [0.15, 0.2) is 11.5 Å². The Morgan fingerprint density at radius 3 is 2.37 bits per heavy atom. The van der Waals surface area contributed by atoms with Crippen LogP contribution in [0.15, 0.2) is 30.3 Å². The van der Waals surface area contributed by atoms with Crippen molar-refractivity contribution < 1.29 is 19.0 Å². The third kappa shape index (κ3) is 4.37. The molecule has 1 aromatic heterocycles. The van der Waals surface area contributed by atoms with Gasteiger partial charge in [-0.1, -0.05) is 19.3 Å². The summed E-state index contributed by atoms with van der Waals surface area (Å²) in [5, 5.41) is 3.35. The maximum Gasteiger partial charge on any atom is 0.253 e. The maximum atomic E-state index is 13.4. The zero-order chi connectivity index (χ0) is 24.5. The molecule has 0 radical (unpaired) electrons. The van der Waals surface area contributed by atoms with Gasteiger partial charge in [0.1, 0.15) is 0 Å². The van der Waals surface area contributed by atoms with Crippen LogP contribution >= 0.6 is 0 Å². The van der Waals surface area contributed by atoms with Crippen molar-refractivity contribution in [1.29, 1.82) is 0 Å². The lowest BCUT2D eigenvalue weighted by molar-refractivity contribution is 0.0521. The van der Waals surface area contributed by atoms with E-state index >= 15 is 0 Å². The zero-order valence-corrected chi connectivity index (χ0v) is 21.0. The van der Waals surface area contributed by atoms with Gasteiger partial charge in [-0.15, -0.1) is 0 Å². The number of amides is 1. The first-order valence-corrected chi connectivity index (χ1v) is 12.3. The van der Waals surface area contributed by atoms with E-state index in [9.17, 15) is 4.79 Å². The monoisotopic (exact) mass is 478 g/mol. The van der Waals surface area contributed by atoms with Crippen LogP contribution in [0.25, 0.3) is 11.0 Å². The lowest BCUT2D eigenvalue weighted by atomic mass is 9.75. The second-order valence-electron chi connectivity index (χ2n) is 9.58. The summed E-state index contributed by atoms with van der Waals surface area (Å²) in [6.07, 6.45) is 6.36. The van der Waals surface area contributed by atoms with Crippen LogP contribution in [-0.4, -0.2) is 54.8 Å². The molecule has 2 heterocycles. The minimum atomic E-state index is 0.122. The van der Waals surface area contributed by atoms with E-state index in [2.05, 4.69) is 10.2 Å². The molecule has 186 valence electrons. The number of methoxy groups -OCH3 is 3. The van der Waals surface area contributed by atoms with Crippen molar-refractivity contribution in [3.8, 4) is 17.2 Å². The smallest absolute Gasteiger partial charge is 0.253 e. The minimum Gasteiger partial charge on any atom is -0.493 e. The van der Waals surface area contributed by atoms with Gasteiger partial charge in [0, 0.05) is 43.5 Å². The first-order chi connectivity index (χ1) is 17.0. The number of hydrogen-bond donors (Lipinski definition) is 1. The molecule has 0 bridgehead atoms. The van der Waals surface area contributed by atoms with E-state index in [4.69, 9.17) is 19.2 Å². The largest absolute Gasteiger partial charge is 0.493 e. The van der Waals surface area contributed by atoms with Crippen LogP contribution < -0.4 is 19.5 Å². The molecule has 2 atom stereocenters. The standard InChI is InChI=1S/C27H34N4O4/c1-30-22-13-18(26(32)31-12-11-17-7-5-6-8-19(17)16-31)9-10-21(22)29-27(30)28-20-14-23(33-2)25(35-4)24(15-20)34-3/h9-10,13-15,17,19H,5-8,11-12,16H2,1-4H3,(H,28,29). The normalized spacial score (nSPS) is 19.8. The maximum absolute atomic E-state index is 13.4. The van der Waals surface area contributed by atoms with Crippen molar-refractivity contribution >= 4 is 28.6 Å². The molecule has 2 fully saturated rings. The number of piperidine rings is 1. The highest BCUT2D eigenvalue weighted by Gasteiger charge is 2.33. The topological polar surface area (TPSA) is 77.9 Å². The fourth-order valence-electron chi connectivity index (χ4n) is 5.68. The summed E-state index contributed by atoms with van der Waals surface area (Å²) in [4.78, 5) is 20.2. The highest BCUT2D eigenvalue weighted by molar-refractivity contribution is 5.98. The van der Waals surface area contributed by atoms with E-state index in [-0.39, 0.29) is 5.91 Å². The molecule has 0 spiro atoms. The molecular formula is C27H34N4O4. The molecule has 5 rings (SSSR count). The number of carbonyl (C=O) groups is 1. The number of ether oxygens (including phenoxy) is 3. The molecule has 1 N–H and O–H groups in total. The van der Waals surface area contributed by atoms with Crippen LogP contribution in [0.1, 0.15) is 42.5 Å². The Labute approximate surface area is 206 Å². The van der Waals surface area contributed by atoms with Crippen LogP contribution in [0.3, 0.4) is 0 Å². The number of rotatable bonds is 6. The van der Waals surface area contributed by atoms with Gasteiger partial charge in [0.05, 0.1) is 32.4 Å². The third-order valence-electron chi connectivity index (χ3n) is 7.63. The Balaban J connectivity index is 1.39. The van der Waals surface area contributed by atoms with Crippen LogP contribution in [0.2, 0.25) is 0 Å². The van der Waals surface area contributed by atoms with E-state index in [1.54, 1.807) is 21.3 Å². The summed E-state index contributed by atoms with van der Waals surface area (Å²) >= 11 is 0. The molecule has 2 aliphatic rings. The first-order valence-electron chi connectivity index (χ1n) is 12.3. The molecule has 3 aromatic rings. The zero-order valence-electron chi connectivity index (χ0n) is 21.0. The van der Waals surface area contributed by atoms with E-state index in [0.717, 1.165) is 42.1 Å². The number of aryl methyl sites for hydroxylation is 1. The quantitative estimate of drug-likeness (QED) is 0.538. The highest BCUT2D eigenvalue weighted by atomic mass is 16.5. The Morgan fingerprint density at radius 2 is 1.69 bits per heavy atom. The summed E-state index contributed by atoms with van der Waals surface area (Å²) in [6, 6.07) is 9.46. The Morgan fingerprint density at radius 1 is 0.971 bits per heavy atom. The second kappa shape index (κ2) is 9.68. The summed E-state index contributed by atoms with van der Waals surface area (Å²) < 4.78 is 18.3. The number of nitrogens with one attached hydrogen (secondary N) is 1. The number of nitrogens with zero attached hydrogens (tertiary/aromatic N) is 3. The molecule has 1 aliphatic heterocycles. The fourth-order valence-corrected chi connectivity index (χ4v) is 5.68. The summed E-state index contributed by atoms with van der Waals surface area (Å²) in [7, 11) is 6.70. The Bertz CT molecular complexity index is 1210. The first kappa shape index (κ1) is 23.3. The molecule has 2 unspecified atom stereocenters. The van der Waals surface area contributed by atoms with Crippen molar-refractivity contribution in [2.75, 3.05) is 39.7 Å². The molecular weight excluding hydrogens is 444 g/mol. The van der Waals surface area contributed by atoms with Crippen molar-refractivity contribution in [2.45, 2.75) is 32.1 Å². The van der Waals surface area contributed by atoms with Crippen LogP contribution in [-0.2, 0) is 7.05 Å². The number of fused-ring (bicyclic) bond motifs is 2. The van der Waals surface area contributed by atoms with Crippen LogP contribution in [0.4, 0.5) is 11.6 Å². The second-order valence-corrected chi connectivity index (χ2v) is 9.58. The van der Waals surface area contributed by atoms with Gasteiger partial charge < -0.3 is 29.0 Å². The molecule has 1 saturated heterocycles. The number of hydrogen-bond acceptors (Lipinski definition) is 6. The van der Waals surface area contributed by atoms with Crippen LogP contribution in [0, 0.1) is 11.8 Å². The molecule has 2 aromatic carbocycles. The van der Waals surface area contributed by atoms with E-state index < -0.39 is 0 Å². The molecule has 35 heavy (non-hydrogen) atoms. The van der Waals surface area contributed by atoms with Gasteiger partial charge in [0.2, 0.25) is 11.7 Å². The van der Waals surface area contributed by atoms with Gasteiger partial charge in [-0.3, -0.25) is 4.79 Å². The predicted molar refractivity (Wildman–Crippen MR) is 136 cm³/mol. The van der Waals surface area contributed by atoms with Gasteiger partial charge in [-0.05, 0) is 42.9 Å². The lowest BCUT2D eigenvalue weighted by Crippen LogP contribution is -2.44. The SMILES string of the molecule is COc1cc(Nc2nc3ccc(C(=O)N4CCC5CCCCC5C4)cc3n2C)cc(OC)c1OC. The van der Waals surface area contributed by atoms with Crippen LogP contribution in [0.5, 0.6) is 17.2 Å². The van der Waals surface area contributed by atoms with Crippen molar-refractivity contribution in [3.05, 3.63) is 35.9 Å². The summed E-state index contributed by atoms with van der Waals surface area (Å²) in [5.74, 6) is 3.89. The average molecular weight is 479 g/mol. The molecule has 1 amide bonds. The highest BCUT2D eigenvalue weighted by Crippen LogP contribution is 2.41. The Hall–Kier alpha value is -3.42. The third-order valence-corrected chi connectivity index (χ3v) is 7.63. The average Bonchev–Trinajstić information content (AvgIpc) is 3.21. The fraction of sp³-hybridized carbons (Fsp3) is 0.481. The molecule has 1 saturated carbocycles. The predicted octanol–water partition coefficient (Wildman–Crippen LogP) is 5.00. The van der Waals surface area contributed by atoms with Crippen molar-refractivity contribution in [3.63, 3.8) is 0 Å². The summed E-state index contributed by atoms with van der Waals surface area (Å²) in [6.45, 7) is 1.75. The number of imidazole rings is 1. The van der Waals surface area contributed by atoms with Gasteiger partial charge >= 0.3 is 0 Å². The van der Waals surface area contributed by atoms with E-state index in [0.29, 0.717) is 34.7 Å². The number of carbonyl (C=O) groups excluding carboxylic acids is 1. The Kier molecular flexibility index (Phi) is 6.45. The lowest BCUT2D eigenvalue weighted by Gasteiger charge is -2.41. The molecule has 8 heteroatoms. The molecule has 1 aliphatic carbocycles. The van der Waals surface area contributed by atoms with Crippen molar-refractivity contribution in [2.24, 2.45) is 18.9 Å². The van der Waals surface area contributed by atoms with Gasteiger partial charge in [-0.2, -0.15) is 0 Å². The minimum absolute atomic E-state index is 0.122.